The van der Waals surface area contributed by atoms with Crippen LogP contribution in [-0.4, -0.2) is 42.2 Å². The smallest absolute Gasteiger partial charge is 0.307 e. The van der Waals surface area contributed by atoms with Gasteiger partial charge in [-0.15, -0.1) is 0 Å². The molecule has 0 bridgehead atoms. The van der Waals surface area contributed by atoms with Gasteiger partial charge in [0.2, 0.25) is 0 Å². The van der Waals surface area contributed by atoms with Crippen molar-refractivity contribution in [2.24, 2.45) is 5.92 Å². The van der Waals surface area contributed by atoms with Gasteiger partial charge in [0.1, 0.15) is 0 Å². The molecule has 1 saturated heterocycles. The van der Waals surface area contributed by atoms with Crippen molar-refractivity contribution in [3.8, 4) is 0 Å². The predicted octanol–water partition coefficient (Wildman–Crippen LogP) is 0.213. The Balaban J connectivity index is 2.21. The van der Waals surface area contributed by atoms with E-state index in [-0.39, 0.29) is 12.5 Å². The van der Waals surface area contributed by atoms with Crippen LogP contribution in [0.25, 0.3) is 0 Å². The van der Waals surface area contributed by atoms with Crippen molar-refractivity contribution < 1.29 is 15.0 Å². The molecule has 69 valence electrons. The van der Waals surface area contributed by atoms with Crippen molar-refractivity contribution in [2.75, 3.05) is 26.2 Å². The van der Waals surface area contributed by atoms with E-state index in [1.54, 1.807) is 0 Å². The van der Waals surface area contributed by atoms with Crippen LogP contribution in [-0.2, 0) is 9.90 Å². The molecule has 4 heteroatoms. The Morgan fingerprint density at radius 1 is 1.58 bits per heavy atom. The first-order valence-corrected chi connectivity index (χ1v) is 4.27. The summed E-state index contributed by atoms with van der Waals surface area (Å²) in [5.74, 6) is -0.920. The third-order valence-corrected chi connectivity index (χ3v) is 2.24. The van der Waals surface area contributed by atoms with Crippen LogP contribution < -0.4 is 0 Å². The summed E-state index contributed by atoms with van der Waals surface area (Å²) >= 11 is 0. The second-order valence-electron chi connectivity index (χ2n) is 3.18. The van der Waals surface area contributed by atoms with E-state index < -0.39 is 5.97 Å². The maximum atomic E-state index is 10.5. The molecule has 1 atom stereocenters. The molecule has 1 aliphatic rings. The molecule has 1 radical (unpaired) electrons. The quantitative estimate of drug-likeness (QED) is 0.659. The van der Waals surface area contributed by atoms with Gasteiger partial charge in [-0.1, -0.05) is 0 Å². The average Bonchev–Trinajstić information content (AvgIpc) is 2.48. The Labute approximate surface area is 71.8 Å². The van der Waals surface area contributed by atoms with Crippen LogP contribution >= 0.6 is 0 Å². The van der Waals surface area contributed by atoms with E-state index in [1.165, 1.54) is 0 Å². The Morgan fingerprint density at radius 2 is 2.33 bits per heavy atom. The number of carboxylic acid groups (broad SMARTS) is 1. The number of nitrogens with zero attached hydrogens (tertiary/aromatic N) is 1. The lowest BCUT2D eigenvalue weighted by Crippen LogP contribution is -2.24. The summed E-state index contributed by atoms with van der Waals surface area (Å²) in [4.78, 5) is 12.6. The molecule has 1 N–H and O–H groups in total. The van der Waals surface area contributed by atoms with Crippen LogP contribution in [0.15, 0.2) is 0 Å². The van der Waals surface area contributed by atoms with Crippen LogP contribution in [0.1, 0.15) is 12.8 Å². The normalized spacial score (nSPS) is 24.6. The van der Waals surface area contributed by atoms with Gasteiger partial charge in [-0.05, 0) is 19.4 Å². The number of carbonyl (C=O) groups is 1. The minimum Gasteiger partial charge on any atom is -0.481 e. The number of aliphatic carboxylic acids is 1. The Morgan fingerprint density at radius 3 is 2.83 bits per heavy atom. The monoisotopic (exact) mass is 172 g/mol. The van der Waals surface area contributed by atoms with Gasteiger partial charge in [-0.25, -0.2) is 5.11 Å². The second kappa shape index (κ2) is 4.42. The van der Waals surface area contributed by atoms with Gasteiger partial charge in [0, 0.05) is 13.1 Å². The van der Waals surface area contributed by atoms with E-state index in [0.29, 0.717) is 13.0 Å². The van der Waals surface area contributed by atoms with Crippen LogP contribution in [0, 0.1) is 5.92 Å². The van der Waals surface area contributed by atoms with Crippen LogP contribution in [0.3, 0.4) is 0 Å². The lowest BCUT2D eigenvalue weighted by atomic mass is 10.1. The highest BCUT2D eigenvalue weighted by atomic mass is 16.4. The highest BCUT2D eigenvalue weighted by Crippen LogP contribution is 2.15. The van der Waals surface area contributed by atoms with E-state index in [2.05, 4.69) is 4.90 Å². The molecule has 0 spiro atoms. The number of carboxylic acids is 1. The lowest BCUT2D eigenvalue weighted by Gasteiger charge is -2.12. The van der Waals surface area contributed by atoms with Gasteiger partial charge < -0.3 is 10.0 Å². The number of hydrogen-bond donors (Lipinski definition) is 1. The van der Waals surface area contributed by atoms with E-state index >= 15 is 0 Å². The summed E-state index contributed by atoms with van der Waals surface area (Å²) < 4.78 is 0. The number of rotatable bonds is 4. The molecule has 0 saturated carbocycles. The van der Waals surface area contributed by atoms with Crippen LogP contribution in [0.2, 0.25) is 0 Å². The molecule has 0 amide bonds. The molecule has 1 fully saturated rings. The van der Waals surface area contributed by atoms with Crippen molar-refractivity contribution in [2.45, 2.75) is 12.8 Å². The van der Waals surface area contributed by atoms with Crippen molar-refractivity contribution in [3.63, 3.8) is 0 Å². The van der Waals surface area contributed by atoms with Gasteiger partial charge in [0.15, 0.2) is 0 Å². The zero-order chi connectivity index (χ0) is 8.97. The fourth-order valence-corrected chi connectivity index (χ4v) is 1.53. The maximum absolute atomic E-state index is 10.5. The molecule has 1 aliphatic heterocycles. The van der Waals surface area contributed by atoms with Crippen molar-refractivity contribution >= 4 is 5.97 Å². The van der Waals surface area contributed by atoms with Crippen molar-refractivity contribution in [1.82, 2.24) is 4.90 Å². The standard InChI is InChI=1S/C8H14NO3/c10-5-1-3-9-4-2-7(6-9)8(11)12/h7H,1-6H2,(H,11,12). The fraction of sp³-hybridized carbons (Fsp3) is 0.875. The first-order chi connectivity index (χ1) is 5.74. The molecule has 1 unspecified atom stereocenters. The first kappa shape index (κ1) is 9.48. The molecule has 12 heavy (non-hydrogen) atoms. The molecule has 0 aromatic rings. The minimum absolute atomic E-state index is 0.0613. The molecular formula is C8H14NO3. The SMILES string of the molecule is [O]CCCN1CCC(C(=O)O)C1. The van der Waals surface area contributed by atoms with Gasteiger partial charge in [0.25, 0.3) is 0 Å². The minimum atomic E-state index is -0.709. The zero-order valence-corrected chi connectivity index (χ0v) is 7.03. The summed E-state index contributed by atoms with van der Waals surface area (Å²) in [6.45, 7) is 2.15. The summed E-state index contributed by atoms with van der Waals surface area (Å²) in [7, 11) is 0. The molecule has 0 aliphatic carbocycles. The van der Waals surface area contributed by atoms with Crippen molar-refractivity contribution in [3.05, 3.63) is 0 Å². The fourth-order valence-electron chi connectivity index (χ4n) is 1.53. The predicted molar refractivity (Wildman–Crippen MR) is 42.4 cm³/mol. The molecule has 1 rings (SSSR count). The van der Waals surface area contributed by atoms with E-state index in [4.69, 9.17) is 5.11 Å². The van der Waals surface area contributed by atoms with E-state index in [9.17, 15) is 9.90 Å². The Hall–Kier alpha value is -0.610. The molecular weight excluding hydrogens is 158 g/mol. The second-order valence-corrected chi connectivity index (χ2v) is 3.18. The Bertz CT molecular complexity index is 160. The van der Waals surface area contributed by atoms with Gasteiger partial charge in [-0.3, -0.25) is 4.79 Å². The molecule has 0 aromatic heterocycles. The number of hydrogen-bond acceptors (Lipinski definition) is 2. The summed E-state index contributed by atoms with van der Waals surface area (Å²) in [6.07, 6.45) is 1.36. The maximum Gasteiger partial charge on any atom is 0.307 e. The highest BCUT2D eigenvalue weighted by molar-refractivity contribution is 5.70. The summed E-state index contributed by atoms with van der Waals surface area (Å²) in [6, 6.07) is 0. The third kappa shape index (κ3) is 2.46. The summed E-state index contributed by atoms with van der Waals surface area (Å²) in [5.41, 5.74) is 0. The van der Waals surface area contributed by atoms with Crippen molar-refractivity contribution in [1.29, 1.82) is 0 Å². The van der Waals surface area contributed by atoms with E-state index in [0.717, 1.165) is 19.5 Å². The van der Waals surface area contributed by atoms with Gasteiger partial charge >= 0.3 is 5.97 Å². The topological polar surface area (TPSA) is 60.4 Å². The van der Waals surface area contributed by atoms with Crippen LogP contribution in [0.5, 0.6) is 0 Å². The highest BCUT2D eigenvalue weighted by Gasteiger charge is 2.27. The molecule has 4 nitrogen and oxygen atoms in total. The molecule has 0 aromatic carbocycles. The largest absolute Gasteiger partial charge is 0.481 e. The van der Waals surface area contributed by atoms with Crippen LogP contribution in [0.4, 0.5) is 0 Å². The first-order valence-electron chi connectivity index (χ1n) is 4.27. The lowest BCUT2D eigenvalue weighted by molar-refractivity contribution is -0.141. The average molecular weight is 172 g/mol. The van der Waals surface area contributed by atoms with Gasteiger partial charge in [0.05, 0.1) is 12.5 Å². The van der Waals surface area contributed by atoms with Gasteiger partial charge in [-0.2, -0.15) is 0 Å². The zero-order valence-electron chi connectivity index (χ0n) is 7.03. The molecule has 1 heterocycles. The third-order valence-electron chi connectivity index (χ3n) is 2.24. The number of likely N-dealkylation sites (tertiary alicyclic amines) is 1. The van der Waals surface area contributed by atoms with E-state index in [1.807, 2.05) is 0 Å². The summed E-state index contributed by atoms with van der Waals surface area (Å²) in [5, 5.41) is 18.8. The Kier molecular flexibility index (Phi) is 3.49.